The molecule has 2 aromatic rings. The summed E-state index contributed by atoms with van der Waals surface area (Å²) in [7, 11) is 0. The number of rotatable bonds is 5. The van der Waals surface area contributed by atoms with Crippen molar-refractivity contribution in [2.75, 3.05) is 0 Å². The molecule has 7 heteroatoms. The minimum Gasteiger partial charge on any atom is -0.481 e. The number of carbonyl (C=O) groups is 1. The lowest BCUT2D eigenvalue weighted by molar-refractivity contribution is -0.138. The average Bonchev–Trinajstić information content (AvgIpc) is 2.83. The highest BCUT2D eigenvalue weighted by atomic mass is 32.1. The SMILES string of the molecule is O=C(O)CCc1cnc(Cc2ccccc2C(F)(F)F)s1. The van der Waals surface area contributed by atoms with Gasteiger partial charge in [0.2, 0.25) is 0 Å². The number of hydrogen-bond donors (Lipinski definition) is 1. The van der Waals surface area contributed by atoms with Gasteiger partial charge in [0, 0.05) is 17.5 Å². The Bertz CT molecular complexity index is 637. The van der Waals surface area contributed by atoms with E-state index in [9.17, 15) is 18.0 Å². The second kappa shape index (κ2) is 6.26. The highest BCUT2D eigenvalue weighted by Crippen LogP contribution is 2.33. The third-order valence-corrected chi connectivity index (χ3v) is 3.91. The smallest absolute Gasteiger partial charge is 0.416 e. The van der Waals surface area contributed by atoms with E-state index in [4.69, 9.17) is 5.11 Å². The molecule has 1 aromatic heterocycles. The number of aromatic nitrogens is 1. The predicted octanol–water partition coefficient (Wildman–Crippen LogP) is 3.77. The van der Waals surface area contributed by atoms with Crippen molar-refractivity contribution in [3.63, 3.8) is 0 Å². The van der Waals surface area contributed by atoms with Crippen LogP contribution in [-0.4, -0.2) is 16.1 Å². The maximum atomic E-state index is 12.9. The number of carboxylic acid groups (broad SMARTS) is 1. The van der Waals surface area contributed by atoms with Crippen molar-refractivity contribution in [2.45, 2.75) is 25.4 Å². The van der Waals surface area contributed by atoms with Gasteiger partial charge < -0.3 is 5.11 Å². The maximum Gasteiger partial charge on any atom is 0.416 e. The van der Waals surface area contributed by atoms with Gasteiger partial charge in [-0.15, -0.1) is 11.3 Å². The van der Waals surface area contributed by atoms with Crippen LogP contribution in [0.1, 0.15) is 27.4 Å². The molecule has 1 heterocycles. The number of aliphatic carboxylic acids is 1. The lowest BCUT2D eigenvalue weighted by Crippen LogP contribution is -2.09. The van der Waals surface area contributed by atoms with Crippen LogP contribution < -0.4 is 0 Å². The molecule has 0 aliphatic rings. The number of benzene rings is 1. The number of nitrogens with zero attached hydrogens (tertiary/aromatic N) is 1. The highest BCUT2D eigenvalue weighted by Gasteiger charge is 2.32. The van der Waals surface area contributed by atoms with Gasteiger partial charge in [0.25, 0.3) is 0 Å². The summed E-state index contributed by atoms with van der Waals surface area (Å²) in [5.41, 5.74) is -0.489. The van der Waals surface area contributed by atoms with Gasteiger partial charge in [0.1, 0.15) is 0 Å². The van der Waals surface area contributed by atoms with Crippen LogP contribution in [0, 0.1) is 0 Å². The maximum absolute atomic E-state index is 12.9. The Kier molecular flexibility index (Phi) is 4.62. The number of thiazole rings is 1. The molecular formula is C14H12F3NO2S. The summed E-state index contributed by atoms with van der Waals surface area (Å²) in [5, 5.41) is 9.15. The Balaban J connectivity index is 2.14. The summed E-state index contributed by atoms with van der Waals surface area (Å²) in [6, 6.07) is 5.39. The summed E-state index contributed by atoms with van der Waals surface area (Å²) in [6.45, 7) is 0. The van der Waals surface area contributed by atoms with Gasteiger partial charge in [-0.25, -0.2) is 4.98 Å². The van der Waals surface area contributed by atoms with Crippen LogP contribution in [0.15, 0.2) is 30.5 Å². The first-order valence-corrected chi connectivity index (χ1v) is 6.98. The first-order valence-electron chi connectivity index (χ1n) is 6.16. The highest BCUT2D eigenvalue weighted by molar-refractivity contribution is 7.11. The molecule has 0 saturated heterocycles. The molecule has 0 aliphatic carbocycles. The molecule has 0 spiro atoms. The van der Waals surface area contributed by atoms with Crippen LogP contribution in [0.25, 0.3) is 0 Å². The molecule has 1 aromatic carbocycles. The fourth-order valence-corrected chi connectivity index (χ4v) is 2.83. The molecule has 112 valence electrons. The van der Waals surface area contributed by atoms with Crippen molar-refractivity contribution in [1.29, 1.82) is 0 Å². The van der Waals surface area contributed by atoms with Crippen molar-refractivity contribution in [3.8, 4) is 0 Å². The van der Waals surface area contributed by atoms with E-state index in [0.29, 0.717) is 11.4 Å². The van der Waals surface area contributed by atoms with Gasteiger partial charge in [-0.2, -0.15) is 13.2 Å². The van der Waals surface area contributed by atoms with Crippen molar-refractivity contribution in [2.24, 2.45) is 0 Å². The third-order valence-electron chi connectivity index (χ3n) is 2.85. The van der Waals surface area contributed by atoms with E-state index in [1.54, 1.807) is 6.07 Å². The molecule has 0 saturated carbocycles. The number of carboxylic acids is 1. The Morgan fingerprint density at radius 3 is 2.67 bits per heavy atom. The normalized spacial score (nSPS) is 11.6. The van der Waals surface area contributed by atoms with E-state index in [1.165, 1.54) is 29.7 Å². The second-order valence-electron chi connectivity index (χ2n) is 4.45. The molecule has 0 bridgehead atoms. The van der Waals surface area contributed by atoms with Gasteiger partial charge in [-0.3, -0.25) is 4.79 Å². The van der Waals surface area contributed by atoms with E-state index in [2.05, 4.69) is 4.98 Å². The van der Waals surface area contributed by atoms with Crippen LogP contribution in [-0.2, 0) is 23.8 Å². The lowest BCUT2D eigenvalue weighted by atomic mass is 10.0. The fourth-order valence-electron chi connectivity index (χ4n) is 1.89. The van der Waals surface area contributed by atoms with Crippen molar-refractivity contribution >= 4 is 17.3 Å². The third kappa shape index (κ3) is 4.29. The van der Waals surface area contributed by atoms with Gasteiger partial charge in [-0.1, -0.05) is 18.2 Å². The number of aryl methyl sites for hydroxylation is 1. The molecule has 0 amide bonds. The summed E-state index contributed by atoms with van der Waals surface area (Å²) in [5.74, 6) is -0.910. The lowest BCUT2D eigenvalue weighted by Gasteiger charge is -2.11. The van der Waals surface area contributed by atoms with Crippen LogP contribution in [0.2, 0.25) is 0 Å². The molecule has 21 heavy (non-hydrogen) atoms. The Morgan fingerprint density at radius 2 is 2.00 bits per heavy atom. The van der Waals surface area contributed by atoms with Crippen molar-refractivity contribution in [1.82, 2.24) is 4.98 Å². The number of alkyl halides is 3. The summed E-state index contributed by atoms with van der Waals surface area (Å²) in [6.07, 6.45) is -2.44. The quantitative estimate of drug-likeness (QED) is 0.914. The molecule has 0 radical (unpaired) electrons. The van der Waals surface area contributed by atoms with Gasteiger partial charge in [0.05, 0.1) is 17.0 Å². The summed E-state index contributed by atoms with van der Waals surface area (Å²) < 4.78 is 38.7. The van der Waals surface area contributed by atoms with Crippen LogP contribution in [0.4, 0.5) is 13.2 Å². The molecular weight excluding hydrogens is 303 g/mol. The standard InChI is InChI=1S/C14H12F3NO2S/c15-14(16,17)11-4-2-1-3-9(11)7-12-18-8-10(21-12)5-6-13(19)20/h1-4,8H,5-7H2,(H,19,20). The molecule has 0 atom stereocenters. The van der Waals surface area contributed by atoms with Crippen molar-refractivity contribution < 1.29 is 23.1 Å². The Morgan fingerprint density at radius 1 is 1.29 bits per heavy atom. The van der Waals surface area contributed by atoms with Crippen molar-refractivity contribution in [3.05, 3.63) is 51.5 Å². The topological polar surface area (TPSA) is 50.2 Å². The zero-order valence-corrected chi connectivity index (χ0v) is 11.7. The molecule has 0 fully saturated rings. The van der Waals surface area contributed by atoms with Gasteiger partial charge in [-0.05, 0) is 18.1 Å². The van der Waals surface area contributed by atoms with E-state index in [1.807, 2.05) is 0 Å². The molecule has 0 aliphatic heterocycles. The summed E-state index contributed by atoms with van der Waals surface area (Å²) >= 11 is 1.25. The van der Waals surface area contributed by atoms with Gasteiger partial charge >= 0.3 is 12.1 Å². The summed E-state index contributed by atoms with van der Waals surface area (Å²) in [4.78, 5) is 15.3. The molecule has 1 N–H and O–H groups in total. The van der Waals surface area contributed by atoms with E-state index >= 15 is 0 Å². The first kappa shape index (κ1) is 15.5. The Hall–Kier alpha value is -1.89. The van der Waals surface area contributed by atoms with Crippen LogP contribution >= 0.6 is 11.3 Å². The molecule has 3 nitrogen and oxygen atoms in total. The average molecular weight is 315 g/mol. The predicted molar refractivity (Wildman–Crippen MR) is 72.3 cm³/mol. The zero-order chi connectivity index (χ0) is 15.5. The molecule has 2 rings (SSSR count). The van der Waals surface area contributed by atoms with Crippen LogP contribution in [0.5, 0.6) is 0 Å². The van der Waals surface area contributed by atoms with E-state index in [0.717, 1.165) is 10.9 Å². The zero-order valence-electron chi connectivity index (χ0n) is 10.9. The second-order valence-corrected chi connectivity index (χ2v) is 5.65. The van der Waals surface area contributed by atoms with Crippen LogP contribution in [0.3, 0.4) is 0 Å². The fraction of sp³-hybridized carbons (Fsp3) is 0.286. The minimum atomic E-state index is -4.39. The van der Waals surface area contributed by atoms with E-state index in [-0.39, 0.29) is 18.4 Å². The number of hydrogen-bond acceptors (Lipinski definition) is 3. The largest absolute Gasteiger partial charge is 0.481 e. The monoisotopic (exact) mass is 315 g/mol. The minimum absolute atomic E-state index is 0.0131. The number of halogens is 3. The first-order chi connectivity index (χ1) is 9.86. The molecule has 0 unspecified atom stereocenters. The Labute approximate surface area is 123 Å². The van der Waals surface area contributed by atoms with E-state index < -0.39 is 17.7 Å². The van der Waals surface area contributed by atoms with Gasteiger partial charge in [0.15, 0.2) is 0 Å².